The summed E-state index contributed by atoms with van der Waals surface area (Å²) in [5.74, 6) is 0. The summed E-state index contributed by atoms with van der Waals surface area (Å²) in [4.78, 5) is 0. The highest BCUT2D eigenvalue weighted by Gasteiger charge is 2.28. The first-order chi connectivity index (χ1) is 8.85. The van der Waals surface area contributed by atoms with Crippen LogP contribution in [0.1, 0.15) is 12.8 Å². The van der Waals surface area contributed by atoms with Gasteiger partial charge in [-0.15, -0.1) is 0 Å². The molecule has 1 N–H and O–H groups in total. The lowest BCUT2D eigenvalue weighted by Gasteiger charge is -2.35. The summed E-state index contributed by atoms with van der Waals surface area (Å²) < 4.78 is 7.13. The average Bonchev–Trinajstić information content (AvgIpc) is 2.88. The van der Waals surface area contributed by atoms with E-state index in [1.165, 1.54) is 0 Å². The van der Waals surface area contributed by atoms with E-state index in [1.807, 2.05) is 16.9 Å². The lowest BCUT2D eigenvalue weighted by Crippen LogP contribution is -2.40. The van der Waals surface area contributed by atoms with E-state index >= 15 is 0 Å². The van der Waals surface area contributed by atoms with E-state index in [9.17, 15) is 0 Å². The molecule has 0 amide bonds. The van der Waals surface area contributed by atoms with Crippen molar-refractivity contribution in [3.8, 4) is 5.69 Å². The van der Waals surface area contributed by atoms with Gasteiger partial charge >= 0.3 is 0 Å². The number of rotatable bonds is 4. The molecule has 94 valence electrons. The first kappa shape index (κ1) is 11.3. The maximum Gasteiger partial charge on any atom is 0.0647 e. The molecule has 1 fully saturated rings. The lowest BCUT2D eigenvalue weighted by molar-refractivity contribution is 0.0329. The van der Waals surface area contributed by atoms with Crippen molar-refractivity contribution in [3.05, 3.63) is 42.7 Å². The van der Waals surface area contributed by atoms with Gasteiger partial charge in [0, 0.05) is 31.2 Å². The molecule has 1 heterocycles. The van der Waals surface area contributed by atoms with E-state index in [1.54, 1.807) is 13.3 Å². The van der Waals surface area contributed by atoms with Crippen LogP contribution < -0.4 is 5.32 Å². The minimum Gasteiger partial charge on any atom is -0.382 e. The fourth-order valence-electron chi connectivity index (χ4n) is 2.24. The Hall–Kier alpha value is -1.81. The quantitative estimate of drug-likeness (QED) is 0.896. The molecule has 0 atom stereocenters. The van der Waals surface area contributed by atoms with Crippen molar-refractivity contribution in [2.24, 2.45) is 0 Å². The van der Waals surface area contributed by atoms with E-state index in [0.717, 1.165) is 24.2 Å². The molecule has 1 saturated carbocycles. The zero-order chi connectivity index (χ0) is 12.4. The van der Waals surface area contributed by atoms with Gasteiger partial charge < -0.3 is 10.1 Å². The minimum absolute atomic E-state index is 0.436. The Bertz CT molecular complexity index is 486. The predicted octanol–water partition coefficient (Wildman–Crippen LogP) is 2.46. The normalized spacial score (nSPS) is 22.5. The van der Waals surface area contributed by atoms with E-state index < -0.39 is 0 Å². The fraction of sp³-hybridized carbons (Fsp3) is 0.357. The molecule has 3 rings (SSSR count). The largest absolute Gasteiger partial charge is 0.382 e. The first-order valence-corrected chi connectivity index (χ1v) is 6.24. The van der Waals surface area contributed by atoms with Crippen LogP contribution in [0.4, 0.5) is 5.69 Å². The third kappa shape index (κ3) is 2.24. The van der Waals surface area contributed by atoms with Gasteiger partial charge in [-0.05, 0) is 43.2 Å². The zero-order valence-electron chi connectivity index (χ0n) is 10.4. The molecule has 0 bridgehead atoms. The number of hydrogen-bond acceptors (Lipinski definition) is 3. The monoisotopic (exact) mass is 243 g/mol. The second-order valence-corrected chi connectivity index (χ2v) is 4.67. The second-order valence-electron chi connectivity index (χ2n) is 4.67. The molecule has 0 saturated heterocycles. The van der Waals surface area contributed by atoms with Gasteiger partial charge in [-0.25, -0.2) is 4.68 Å². The third-order valence-corrected chi connectivity index (χ3v) is 3.44. The summed E-state index contributed by atoms with van der Waals surface area (Å²) in [6, 6.07) is 10.8. The van der Waals surface area contributed by atoms with Crippen molar-refractivity contribution in [1.82, 2.24) is 9.78 Å². The first-order valence-electron chi connectivity index (χ1n) is 6.24. The summed E-state index contributed by atoms with van der Waals surface area (Å²) >= 11 is 0. The highest BCUT2D eigenvalue weighted by atomic mass is 16.5. The summed E-state index contributed by atoms with van der Waals surface area (Å²) in [6.45, 7) is 0. The Morgan fingerprint density at radius 1 is 1.28 bits per heavy atom. The van der Waals surface area contributed by atoms with Crippen molar-refractivity contribution in [2.45, 2.75) is 25.0 Å². The van der Waals surface area contributed by atoms with Gasteiger partial charge in [-0.3, -0.25) is 0 Å². The number of benzene rings is 1. The number of nitrogens with zero attached hydrogens (tertiary/aromatic N) is 2. The maximum atomic E-state index is 5.27. The van der Waals surface area contributed by atoms with Crippen LogP contribution in [0.2, 0.25) is 0 Å². The average molecular weight is 243 g/mol. The van der Waals surface area contributed by atoms with E-state index in [4.69, 9.17) is 4.74 Å². The summed E-state index contributed by atoms with van der Waals surface area (Å²) in [6.07, 6.45) is 6.35. The topological polar surface area (TPSA) is 39.1 Å². The Labute approximate surface area is 107 Å². The SMILES string of the molecule is COC1CC(Nc2ccc(-n3cccn3)cc2)C1. The van der Waals surface area contributed by atoms with Crippen LogP contribution in [0.3, 0.4) is 0 Å². The van der Waals surface area contributed by atoms with Gasteiger partial charge in [-0.2, -0.15) is 5.10 Å². The van der Waals surface area contributed by atoms with Gasteiger partial charge in [0.15, 0.2) is 0 Å². The molecule has 0 aliphatic heterocycles. The van der Waals surface area contributed by atoms with Crippen molar-refractivity contribution in [2.75, 3.05) is 12.4 Å². The Kier molecular flexibility index (Phi) is 3.02. The molecule has 4 heteroatoms. The molecule has 18 heavy (non-hydrogen) atoms. The molecule has 4 nitrogen and oxygen atoms in total. The molecule has 2 aromatic rings. The summed E-state index contributed by atoms with van der Waals surface area (Å²) in [5, 5.41) is 7.71. The van der Waals surface area contributed by atoms with Crippen LogP contribution in [-0.2, 0) is 4.74 Å². The number of hydrogen-bond donors (Lipinski definition) is 1. The highest BCUT2D eigenvalue weighted by molar-refractivity contribution is 5.49. The van der Waals surface area contributed by atoms with Gasteiger partial charge in [-0.1, -0.05) is 0 Å². The fourth-order valence-corrected chi connectivity index (χ4v) is 2.24. The molecule has 1 aromatic heterocycles. The van der Waals surface area contributed by atoms with Crippen molar-refractivity contribution in [1.29, 1.82) is 0 Å². The van der Waals surface area contributed by atoms with Gasteiger partial charge in [0.05, 0.1) is 11.8 Å². The van der Waals surface area contributed by atoms with Crippen LogP contribution in [-0.4, -0.2) is 29.0 Å². The van der Waals surface area contributed by atoms with E-state index in [0.29, 0.717) is 12.1 Å². The summed E-state index contributed by atoms with van der Waals surface area (Å²) in [5.41, 5.74) is 2.24. The number of anilines is 1. The Morgan fingerprint density at radius 2 is 2.06 bits per heavy atom. The zero-order valence-corrected chi connectivity index (χ0v) is 10.4. The summed E-state index contributed by atoms with van der Waals surface area (Å²) in [7, 11) is 1.78. The van der Waals surface area contributed by atoms with Crippen molar-refractivity contribution >= 4 is 5.69 Å². The predicted molar refractivity (Wildman–Crippen MR) is 71.0 cm³/mol. The maximum absolute atomic E-state index is 5.27. The molecule has 1 aliphatic carbocycles. The number of nitrogens with one attached hydrogen (secondary N) is 1. The second kappa shape index (κ2) is 4.82. The van der Waals surface area contributed by atoms with Crippen LogP contribution in [0, 0.1) is 0 Å². The smallest absolute Gasteiger partial charge is 0.0647 e. The number of ether oxygens (including phenoxy) is 1. The molecule has 0 unspecified atom stereocenters. The van der Waals surface area contributed by atoms with E-state index in [2.05, 4.69) is 34.7 Å². The van der Waals surface area contributed by atoms with Gasteiger partial charge in [0.2, 0.25) is 0 Å². The van der Waals surface area contributed by atoms with Gasteiger partial charge in [0.1, 0.15) is 0 Å². The third-order valence-electron chi connectivity index (χ3n) is 3.44. The standard InChI is InChI=1S/C14H17N3O/c1-18-14-9-12(10-14)16-11-3-5-13(6-4-11)17-8-2-7-15-17/h2-8,12,14,16H,9-10H2,1H3. The lowest BCUT2D eigenvalue weighted by atomic mass is 9.89. The van der Waals surface area contributed by atoms with Gasteiger partial charge in [0.25, 0.3) is 0 Å². The Morgan fingerprint density at radius 3 is 2.67 bits per heavy atom. The molecular formula is C14H17N3O. The number of aromatic nitrogens is 2. The molecular weight excluding hydrogens is 226 g/mol. The molecule has 0 spiro atoms. The molecule has 0 radical (unpaired) electrons. The van der Waals surface area contributed by atoms with Crippen molar-refractivity contribution in [3.63, 3.8) is 0 Å². The van der Waals surface area contributed by atoms with Crippen LogP contribution >= 0.6 is 0 Å². The van der Waals surface area contributed by atoms with Crippen molar-refractivity contribution < 1.29 is 4.74 Å². The van der Waals surface area contributed by atoms with Crippen LogP contribution in [0.5, 0.6) is 0 Å². The minimum atomic E-state index is 0.436. The molecule has 1 aromatic carbocycles. The Balaban J connectivity index is 1.62. The number of methoxy groups -OCH3 is 1. The van der Waals surface area contributed by atoms with E-state index in [-0.39, 0.29) is 0 Å². The van der Waals surface area contributed by atoms with Crippen LogP contribution in [0.15, 0.2) is 42.7 Å². The molecule has 1 aliphatic rings. The van der Waals surface area contributed by atoms with Crippen LogP contribution in [0.25, 0.3) is 5.69 Å². The highest BCUT2D eigenvalue weighted by Crippen LogP contribution is 2.26.